The van der Waals surface area contributed by atoms with E-state index in [1.165, 1.54) is 135 Å². The Kier molecular flexibility index (Phi) is 35.0. The first-order chi connectivity index (χ1) is 25.0. The summed E-state index contributed by atoms with van der Waals surface area (Å²) in [4.78, 5) is 23.0. The maximum absolute atomic E-state index is 12.8. The molecule has 308 valence electrons. The van der Waals surface area contributed by atoms with E-state index in [0.29, 0.717) is 17.4 Å². The minimum absolute atomic E-state index is 0.0618. The summed E-state index contributed by atoms with van der Waals surface area (Å²) in [6.45, 7) is 4.75. The molecular weight excluding hydrogens is 671 g/mol. The van der Waals surface area contributed by atoms with Gasteiger partial charge < -0.3 is 19.8 Å². The number of phosphoric acid groups is 1. The molecule has 0 aromatic carbocycles. The third kappa shape index (κ3) is 37.3. The van der Waals surface area contributed by atoms with Crippen LogP contribution in [0.4, 0.5) is 0 Å². The van der Waals surface area contributed by atoms with E-state index in [1.54, 1.807) is 6.08 Å². The molecule has 0 heterocycles. The van der Waals surface area contributed by atoms with Crippen molar-refractivity contribution in [1.29, 1.82) is 0 Å². The predicted molar refractivity (Wildman–Crippen MR) is 221 cm³/mol. The maximum Gasteiger partial charge on any atom is 0.472 e. The molecular formula is C43H86N2O6P+. The van der Waals surface area contributed by atoms with Crippen molar-refractivity contribution in [1.82, 2.24) is 5.32 Å². The highest BCUT2D eigenvalue weighted by Gasteiger charge is 2.27. The van der Waals surface area contributed by atoms with Crippen LogP contribution in [-0.4, -0.2) is 73.4 Å². The van der Waals surface area contributed by atoms with E-state index in [-0.39, 0.29) is 19.1 Å². The van der Waals surface area contributed by atoms with Gasteiger partial charge in [-0.05, 0) is 44.9 Å². The molecule has 3 N–H and O–H groups in total. The predicted octanol–water partition coefficient (Wildman–Crippen LogP) is 11.7. The fourth-order valence-corrected chi connectivity index (χ4v) is 6.89. The number of aliphatic hydroxyl groups is 1. The van der Waals surface area contributed by atoms with Crippen LogP contribution in [0, 0.1) is 0 Å². The van der Waals surface area contributed by atoms with Gasteiger partial charge in [-0.15, -0.1) is 0 Å². The number of nitrogens with one attached hydrogen (secondary N) is 1. The first-order valence-electron chi connectivity index (χ1n) is 21.7. The fraction of sp³-hybridized carbons (Fsp3) is 0.884. The SMILES string of the molecule is CCCCCCC/C=C/C(O)C(COP(=O)(O)OCC[N+](C)(C)C)NC(=O)CCCCCCCCCCCCC/C=C\CCCCCCCCCC. The lowest BCUT2D eigenvalue weighted by Crippen LogP contribution is -2.45. The Bertz CT molecular complexity index is 907. The van der Waals surface area contributed by atoms with Crippen molar-refractivity contribution in [2.75, 3.05) is 40.9 Å². The van der Waals surface area contributed by atoms with Crippen LogP contribution in [-0.2, 0) is 18.4 Å². The van der Waals surface area contributed by atoms with E-state index in [9.17, 15) is 19.4 Å². The molecule has 0 aliphatic carbocycles. The molecule has 0 radical (unpaired) electrons. The Labute approximate surface area is 322 Å². The Morgan fingerprint density at radius 3 is 1.48 bits per heavy atom. The summed E-state index contributed by atoms with van der Waals surface area (Å²) in [6, 6.07) is -0.840. The highest BCUT2D eigenvalue weighted by Crippen LogP contribution is 2.43. The molecule has 3 unspecified atom stereocenters. The van der Waals surface area contributed by atoms with E-state index >= 15 is 0 Å². The third-order valence-corrected chi connectivity index (χ3v) is 10.6. The largest absolute Gasteiger partial charge is 0.472 e. The molecule has 0 saturated carbocycles. The number of allylic oxidation sites excluding steroid dienone is 3. The maximum atomic E-state index is 12.8. The Hall–Kier alpha value is -1.02. The number of rotatable bonds is 39. The Morgan fingerprint density at radius 2 is 1.04 bits per heavy atom. The summed E-state index contributed by atoms with van der Waals surface area (Å²) in [5.41, 5.74) is 0. The van der Waals surface area contributed by atoms with Crippen LogP contribution in [0.3, 0.4) is 0 Å². The molecule has 1 amide bonds. The average molecular weight is 758 g/mol. The zero-order valence-corrected chi connectivity index (χ0v) is 35.7. The van der Waals surface area contributed by atoms with Gasteiger partial charge in [0.25, 0.3) is 0 Å². The molecule has 0 saturated heterocycles. The van der Waals surface area contributed by atoms with Gasteiger partial charge in [0, 0.05) is 6.42 Å². The summed E-state index contributed by atoms with van der Waals surface area (Å²) in [5.74, 6) is -0.182. The average Bonchev–Trinajstić information content (AvgIpc) is 3.09. The Balaban J connectivity index is 4.13. The van der Waals surface area contributed by atoms with Crippen molar-refractivity contribution >= 4 is 13.7 Å². The third-order valence-electron chi connectivity index (χ3n) is 9.67. The number of phosphoric ester groups is 1. The highest BCUT2D eigenvalue weighted by molar-refractivity contribution is 7.47. The van der Waals surface area contributed by atoms with E-state index in [0.717, 1.165) is 38.5 Å². The van der Waals surface area contributed by atoms with Crippen molar-refractivity contribution in [3.05, 3.63) is 24.3 Å². The van der Waals surface area contributed by atoms with Crippen molar-refractivity contribution in [3.63, 3.8) is 0 Å². The van der Waals surface area contributed by atoms with E-state index in [2.05, 4.69) is 31.3 Å². The number of unbranched alkanes of at least 4 members (excludes halogenated alkanes) is 24. The topological polar surface area (TPSA) is 105 Å². The number of quaternary nitrogens is 1. The van der Waals surface area contributed by atoms with Crippen LogP contribution in [0.2, 0.25) is 0 Å². The van der Waals surface area contributed by atoms with E-state index in [4.69, 9.17) is 9.05 Å². The van der Waals surface area contributed by atoms with E-state index in [1.807, 2.05) is 27.2 Å². The number of amides is 1. The van der Waals surface area contributed by atoms with Crippen LogP contribution in [0.1, 0.15) is 194 Å². The van der Waals surface area contributed by atoms with Gasteiger partial charge in [-0.25, -0.2) is 4.57 Å². The van der Waals surface area contributed by atoms with Crippen molar-refractivity contribution < 1.29 is 32.9 Å². The standard InChI is InChI=1S/C43H85N2O6P/c1-6-8-10-12-14-15-16-17-18-19-20-21-22-23-24-25-26-27-28-29-31-33-35-37-43(47)44-41(42(46)36-34-32-30-13-11-9-7-2)40-51-52(48,49)50-39-38-45(3,4)5/h19-20,34,36,41-42,46H,6-18,21-33,35,37-40H2,1-5H3,(H-,44,47,48,49)/p+1/b20-19-,36-34+. The number of likely N-dealkylation sites (N-methyl/N-ethyl adjacent to an activating group) is 1. The zero-order valence-electron chi connectivity index (χ0n) is 34.8. The normalized spacial score (nSPS) is 14.7. The molecule has 0 spiro atoms. The number of carbonyl (C=O) groups excluding carboxylic acids is 1. The van der Waals surface area contributed by atoms with Gasteiger partial charge >= 0.3 is 7.82 Å². The lowest BCUT2D eigenvalue weighted by atomic mass is 10.0. The quantitative estimate of drug-likeness (QED) is 0.0250. The zero-order chi connectivity index (χ0) is 38.6. The monoisotopic (exact) mass is 758 g/mol. The number of hydrogen-bond donors (Lipinski definition) is 3. The molecule has 0 fully saturated rings. The van der Waals surface area contributed by atoms with Crippen molar-refractivity contribution in [2.45, 2.75) is 206 Å². The molecule has 0 rings (SSSR count). The second-order valence-corrected chi connectivity index (χ2v) is 17.5. The van der Waals surface area contributed by atoms with Crippen LogP contribution in [0.5, 0.6) is 0 Å². The molecule has 8 nitrogen and oxygen atoms in total. The summed E-state index contributed by atoms with van der Waals surface area (Å²) in [6.07, 6.45) is 41.3. The van der Waals surface area contributed by atoms with Crippen molar-refractivity contribution in [3.8, 4) is 0 Å². The second kappa shape index (κ2) is 35.7. The number of carbonyl (C=O) groups is 1. The molecule has 3 atom stereocenters. The smallest absolute Gasteiger partial charge is 0.387 e. The molecule has 0 aliphatic heterocycles. The van der Waals surface area contributed by atoms with Gasteiger partial charge in [-0.3, -0.25) is 13.8 Å². The van der Waals surface area contributed by atoms with Gasteiger partial charge in [0.05, 0.1) is 39.9 Å². The summed E-state index contributed by atoms with van der Waals surface area (Å²) < 4.78 is 23.4. The number of aliphatic hydroxyl groups excluding tert-OH is 1. The summed E-state index contributed by atoms with van der Waals surface area (Å²) >= 11 is 0. The molecule has 0 bridgehead atoms. The molecule has 0 aliphatic rings. The van der Waals surface area contributed by atoms with Crippen molar-refractivity contribution in [2.24, 2.45) is 0 Å². The first kappa shape index (κ1) is 51.0. The van der Waals surface area contributed by atoms with Gasteiger partial charge in [-0.2, -0.15) is 0 Å². The van der Waals surface area contributed by atoms with Gasteiger partial charge in [0.15, 0.2) is 0 Å². The number of nitrogens with zero attached hydrogens (tertiary/aromatic N) is 1. The number of hydrogen-bond acceptors (Lipinski definition) is 5. The first-order valence-corrected chi connectivity index (χ1v) is 23.2. The van der Waals surface area contributed by atoms with Crippen LogP contribution >= 0.6 is 7.82 Å². The highest BCUT2D eigenvalue weighted by atomic mass is 31.2. The summed E-state index contributed by atoms with van der Waals surface area (Å²) in [7, 11) is 1.57. The fourth-order valence-electron chi connectivity index (χ4n) is 6.15. The van der Waals surface area contributed by atoms with Crippen LogP contribution in [0.25, 0.3) is 0 Å². The molecule has 0 aromatic heterocycles. The van der Waals surface area contributed by atoms with Crippen LogP contribution in [0.15, 0.2) is 24.3 Å². The molecule has 52 heavy (non-hydrogen) atoms. The molecule has 9 heteroatoms. The minimum Gasteiger partial charge on any atom is -0.387 e. The van der Waals surface area contributed by atoms with Gasteiger partial charge in [0.2, 0.25) is 5.91 Å². The van der Waals surface area contributed by atoms with E-state index < -0.39 is 20.0 Å². The minimum atomic E-state index is -4.32. The van der Waals surface area contributed by atoms with Crippen LogP contribution < -0.4 is 5.32 Å². The van der Waals surface area contributed by atoms with Gasteiger partial charge in [-0.1, -0.05) is 167 Å². The second-order valence-electron chi connectivity index (χ2n) is 16.1. The summed E-state index contributed by atoms with van der Waals surface area (Å²) in [5, 5.41) is 13.7. The van der Waals surface area contributed by atoms with Gasteiger partial charge in [0.1, 0.15) is 13.2 Å². The Morgan fingerprint density at radius 1 is 0.635 bits per heavy atom. The molecule has 0 aromatic rings. The lowest BCUT2D eigenvalue weighted by molar-refractivity contribution is -0.870. The lowest BCUT2D eigenvalue weighted by Gasteiger charge is -2.25.